The van der Waals surface area contributed by atoms with Crippen molar-refractivity contribution in [1.82, 2.24) is 15.0 Å². The number of nitrogens with two attached hydrogens (primary N) is 1. The summed E-state index contributed by atoms with van der Waals surface area (Å²) in [7, 11) is 0. The van der Waals surface area contributed by atoms with Gasteiger partial charge in [-0.1, -0.05) is 17.7 Å². The van der Waals surface area contributed by atoms with Crippen LogP contribution in [-0.2, 0) is 9.47 Å². The minimum absolute atomic E-state index is 0.530. The number of rotatable bonds is 11. The maximum Gasteiger partial charge on any atom is 0.230 e. The summed E-state index contributed by atoms with van der Waals surface area (Å²) in [4.78, 5) is 16.6. The van der Waals surface area contributed by atoms with Crippen LogP contribution < -0.4 is 16.0 Å². The predicted octanol–water partition coefficient (Wildman–Crippen LogP) is 2.86. The smallest absolute Gasteiger partial charge is 0.230 e. The highest BCUT2D eigenvalue weighted by atomic mass is 16.5. The molecule has 0 unspecified atom stereocenters. The fraction of sp³-hybridized carbons (Fsp3) is 0.609. The van der Waals surface area contributed by atoms with E-state index in [0.29, 0.717) is 45.5 Å². The molecule has 0 radical (unpaired) electrons. The molecule has 1 aliphatic rings. The maximum absolute atomic E-state index is 5.60. The number of piperidine rings is 1. The molecule has 0 spiro atoms. The molecule has 8 heteroatoms. The van der Waals surface area contributed by atoms with E-state index in [1.807, 2.05) is 0 Å². The zero-order chi connectivity index (χ0) is 22.1. The van der Waals surface area contributed by atoms with Crippen LogP contribution in [0, 0.1) is 20.8 Å². The van der Waals surface area contributed by atoms with Crippen molar-refractivity contribution in [2.75, 3.05) is 62.8 Å². The summed E-state index contributed by atoms with van der Waals surface area (Å²) < 4.78 is 10.9. The Balaban J connectivity index is 1.73. The van der Waals surface area contributed by atoms with E-state index in [2.05, 4.69) is 43.1 Å². The molecular formula is C23H36N6O2. The topological polar surface area (TPSA) is 98.4 Å². The van der Waals surface area contributed by atoms with Gasteiger partial charge in [0, 0.05) is 31.7 Å². The average Bonchev–Trinajstić information content (AvgIpc) is 2.75. The summed E-state index contributed by atoms with van der Waals surface area (Å²) in [6, 6.07) is 4.36. The molecule has 0 aliphatic carbocycles. The molecule has 2 heterocycles. The highest BCUT2D eigenvalue weighted by Crippen LogP contribution is 2.28. The van der Waals surface area contributed by atoms with Crippen molar-refractivity contribution in [3.05, 3.63) is 28.8 Å². The molecule has 1 aliphatic heterocycles. The van der Waals surface area contributed by atoms with E-state index < -0.39 is 0 Å². The molecule has 0 bridgehead atoms. The zero-order valence-corrected chi connectivity index (χ0v) is 19.1. The van der Waals surface area contributed by atoms with E-state index in [9.17, 15) is 0 Å². The lowest BCUT2D eigenvalue weighted by Gasteiger charge is -2.27. The first-order valence-electron chi connectivity index (χ1n) is 11.3. The molecule has 3 rings (SSSR count). The van der Waals surface area contributed by atoms with Crippen LogP contribution in [0.2, 0.25) is 0 Å². The molecule has 1 fully saturated rings. The van der Waals surface area contributed by atoms with Crippen LogP contribution in [0.4, 0.5) is 11.9 Å². The number of nitrogens with one attached hydrogen (secondary N) is 1. The molecule has 1 aromatic heterocycles. The van der Waals surface area contributed by atoms with Gasteiger partial charge in [0.25, 0.3) is 0 Å². The Morgan fingerprint density at radius 3 is 2.26 bits per heavy atom. The Hall–Kier alpha value is -2.29. The van der Waals surface area contributed by atoms with Gasteiger partial charge >= 0.3 is 0 Å². The fourth-order valence-corrected chi connectivity index (χ4v) is 3.96. The molecule has 0 saturated carbocycles. The van der Waals surface area contributed by atoms with Crippen molar-refractivity contribution in [2.45, 2.75) is 40.0 Å². The molecule has 170 valence electrons. The standard InChI is InChI=1S/C23H36N6O2/c1-17-15-18(2)20(19(3)16-17)21-26-22(25-8-12-31-14-13-30-11-7-24)28-23(27-21)29-9-5-4-6-10-29/h15-16H,4-14,24H2,1-3H3,(H,25,26,27,28). The number of benzene rings is 1. The van der Waals surface area contributed by atoms with Crippen LogP contribution in [0.15, 0.2) is 12.1 Å². The molecule has 31 heavy (non-hydrogen) atoms. The van der Waals surface area contributed by atoms with Gasteiger partial charge in [0.15, 0.2) is 5.82 Å². The van der Waals surface area contributed by atoms with Gasteiger partial charge in [0.2, 0.25) is 11.9 Å². The number of aromatic nitrogens is 3. The van der Waals surface area contributed by atoms with E-state index in [1.165, 1.54) is 36.0 Å². The maximum atomic E-state index is 5.60. The van der Waals surface area contributed by atoms with Crippen molar-refractivity contribution >= 4 is 11.9 Å². The number of anilines is 2. The van der Waals surface area contributed by atoms with Crippen LogP contribution in [0.3, 0.4) is 0 Å². The lowest BCUT2D eigenvalue weighted by Crippen LogP contribution is -2.31. The van der Waals surface area contributed by atoms with Crippen molar-refractivity contribution < 1.29 is 9.47 Å². The summed E-state index contributed by atoms with van der Waals surface area (Å²) in [6.07, 6.45) is 3.61. The normalized spacial score (nSPS) is 14.1. The SMILES string of the molecule is Cc1cc(C)c(-c2nc(NCCOCCOCCN)nc(N3CCCCC3)n2)c(C)c1. The van der Waals surface area contributed by atoms with E-state index in [4.69, 9.17) is 30.2 Å². The van der Waals surface area contributed by atoms with E-state index in [-0.39, 0.29) is 0 Å². The molecule has 3 N–H and O–H groups in total. The van der Waals surface area contributed by atoms with Gasteiger partial charge in [-0.05, 0) is 51.2 Å². The van der Waals surface area contributed by atoms with Gasteiger partial charge in [-0.25, -0.2) is 0 Å². The second-order valence-electron chi connectivity index (χ2n) is 8.04. The third kappa shape index (κ3) is 6.85. The number of hydrogen-bond acceptors (Lipinski definition) is 8. The quantitative estimate of drug-likeness (QED) is 0.527. The van der Waals surface area contributed by atoms with Gasteiger partial charge < -0.3 is 25.4 Å². The van der Waals surface area contributed by atoms with Crippen molar-refractivity contribution in [3.63, 3.8) is 0 Å². The Kier molecular flexibility index (Phi) is 8.99. The van der Waals surface area contributed by atoms with Gasteiger partial charge in [0.05, 0.1) is 26.4 Å². The molecule has 8 nitrogen and oxygen atoms in total. The first-order chi connectivity index (χ1) is 15.1. The monoisotopic (exact) mass is 428 g/mol. The van der Waals surface area contributed by atoms with Crippen LogP contribution in [0.25, 0.3) is 11.4 Å². The predicted molar refractivity (Wildman–Crippen MR) is 125 cm³/mol. The highest BCUT2D eigenvalue weighted by molar-refractivity contribution is 5.67. The van der Waals surface area contributed by atoms with Crippen molar-refractivity contribution in [1.29, 1.82) is 0 Å². The van der Waals surface area contributed by atoms with Crippen LogP contribution >= 0.6 is 0 Å². The van der Waals surface area contributed by atoms with Gasteiger partial charge in [-0.2, -0.15) is 15.0 Å². The Bertz CT molecular complexity index is 816. The number of aryl methyl sites for hydroxylation is 3. The minimum atomic E-state index is 0.530. The summed E-state index contributed by atoms with van der Waals surface area (Å²) in [5.41, 5.74) is 10.1. The molecule has 2 aromatic rings. The molecule has 1 aromatic carbocycles. The van der Waals surface area contributed by atoms with Crippen LogP contribution in [0.1, 0.15) is 36.0 Å². The largest absolute Gasteiger partial charge is 0.378 e. The van der Waals surface area contributed by atoms with Crippen molar-refractivity contribution in [2.24, 2.45) is 5.73 Å². The Morgan fingerprint density at radius 1 is 0.903 bits per heavy atom. The first kappa shape index (κ1) is 23.4. The highest BCUT2D eigenvalue weighted by Gasteiger charge is 2.18. The van der Waals surface area contributed by atoms with E-state index >= 15 is 0 Å². The van der Waals surface area contributed by atoms with Gasteiger partial charge in [-0.3, -0.25) is 0 Å². The second kappa shape index (κ2) is 11.9. The number of hydrogen-bond donors (Lipinski definition) is 2. The second-order valence-corrected chi connectivity index (χ2v) is 8.04. The molecular weight excluding hydrogens is 392 g/mol. The zero-order valence-electron chi connectivity index (χ0n) is 19.1. The minimum Gasteiger partial charge on any atom is -0.378 e. The van der Waals surface area contributed by atoms with Crippen LogP contribution in [0.5, 0.6) is 0 Å². The Labute approximate surface area is 185 Å². The van der Waals surface area contributed by atoms with Crippen molar-refractivity contribution in [3.8, 4) is 11.4 Å². The molecule has 1 saturated heterocycles. The summed E-state index contributed by atoms with van der Waals surface area (Å²) >= 11 is 0. The fourth-order valence-electron chi connectivity index (χ4n) is 3.96. The number of ether oxygens (including phenoxy) is 2. The lowest BCUT2D eigenvalue weighted by molar-refractivity contribution is 0.0547. The molecule has 0 atom stereocenters. The first-order valence-corrected chi connectivity index (χ1v) is 11.3. The average molecular weight is 429 g/mol. The van der Waals surface area contributed by atoms with Gasteiger partial charge in [-0.15, -0.1) is 0 Å². The third-order valence-corrected chi connectivity index (χ3v) is 5.33. The van der Waals surface area contributed by atoms with Crippen LogP contribution in [-0.4, -0.2) is 67.6 Å². The van der Waals surface area contributed by atoms with E-state index in [0.717, 1.165) is 30.4 Å². The Morgan fingerprint density at radius 2 is 1.58 bits per heavy atom. The third-order valence-electron chi connectivity index (χ3n) is 5.33. The summed E-state index contributed by atoms with van der Waals surface area (Å²) in [6.45, 7) is 11.7. The lowest BCUT2D eigenvalue weighted by atomic mass is 9.99. The molecule has 0 amide bonds. The van der Waals surface area contributed by atoms with Gasteiger partial charge in [0.1, 0.15) is 0 Å². The number of nitrogens with zero attached hydrogens (tertiary/aromatic N) is 4. The summed E-state index contributed by atoms with van der Waals surface area (Å²) in [5, 5.41) is 3.31. The van der Waals surface area contributed by atoms with E-state index in [1.54, 1.807) is 0 Å². The summed E-state index contributed by atoms with van der Waals surface area (Å²) in [5.74, 6) is 2.07.